The molecule has 0 aliphatic heterocycles. The first-order valence-electron chi connectivity index (χ1n) is 31.2. The molecule has 0 fully saturated rings. The van der Waals surface area contributed by atoms with Crippen molar-refractivity contribution in [1.82, 2.24) is 15.6 Å². The predicted octanol–water partition coefficient (Wildman–Crippen LogP) is 12.8. The molecular formula is C71H83FN3O15P. The Morgan fingerprint density at radius 1 is 0.451 bits per heavy atom. The van der Waals surface area contributed by atoms with Gasteiger partial charge in [0.2, 0.25) is 17.8 Å². The molecule has 20 heteroatoms. The van der Waals surface area contributed by atoms with Crippen LogP contribution in [0.5, 0.6) is 0 Å². The highest BCUT2D eigenvalue weighted by Crippen LogP contribution is 2.51. The van der Waals surface area contributed by atoms with Crippen molar-refractivity contribution in [1.29, 1.82) is 0 Å². The molecule has 5 aromatic carbocycles. The van der Waals surface area contributed by atoms with Crippen LogP contribution in [-0.2, 0) is 99.2 Å². The van der Waals surface area contributed by atoms with Crippen LogP contribution in [0.1, 0.15) is 147 Å². The minimum absolute atomic E-state index is 0.0188. The van der Waals surface area contributed by atoms with Crippen LogP contribution >= 0.6 is 7.60 Å². The smallest absolute Gasteiger partial charge is 0.331 e. The van der Waals surface area contributed by atoms with E-state index in [2.05, 4.69) is 15.6 Å². The van der Waals surface area contributed by atoms with Gasteiger partial charge in [-0.1, -0.05) is 171 Å². The van der Waals surface area contributed by atoms with Gasteiger partial charge in [0.25, 0.3) is 0 Å². The maximum absolute atomic E-state index is 15.0. The summed E-state index contributed by atoms with van der Waals surface area (Å²) in [6.07, 6.45) is 5.34. The number of hydrogen-bond donors (Lipinski definition) is 2. The van der Waals surface area contributed by atoms with Gasteiger partial charge in [0, 0.05) is 56.8 Å². The van der Waals surface area contributed by atoms with E-state index in [1.54, 1.807) is 97.1 Å². The van der Waals surface area contributed by atoms with Gasteiger partial charge in [-0.3, -0.25) is 38.1 Å². The van der Waals surface area contributed by atoms with Gasteiger partial charge >= 0.3 is 31.5 Å². The van der Waals surface area contributed by atoms with Crippen molar-refractivity contribution in [3.05, 3.63) is 209 Å². The zero-order valence-corrected chi connectivity index (χ0v) is 52.4. The Kier molecular flexibility index (Phi) is 32.2. The van der Waals surface area contributed by atoms with E-state index in [1.165, 1.54) is 12.3 Å². The van der Waals surface area contributed by atoms with Gasteiger partial charge in [-0.05, 0) is 91.3 Å². The second kappa shape index (κ2) is 41.0. The van der Waals surface area contributed by atoms with Gasteiger partial charge < -0.3 is 38.6 Å². The first-order chi connectivity index (χ1) is 44.2. The minimum atomic E-state index is -4.24. The lowest BCUT2D eigenvalue weighted by Gasteiger charge is -2.24. The third-order valence-corrected chi connectivity index (χ3v) is 16.8. The van der Waals surface area contributed by atoms with E-state index >= 15 is 0 Å². The van der Waals surface area contributed by atoms with Crippen LogP contribution in [0.15, 0.2) is 170 Å². The Morgan fingerprint density at radius 3 is 1.48 bits per heavy atom. The zero-order chi connectivity index (χ0) is 64.7. The fraction of sp³-hybridized carbons (Fsp3) is 0.394. The van der Waals surface area contributed by atoms with Crippen molar-refractivity contribution in [3.8, 4) is 0 Å². The van der Waals surface area contributed by atoms with Gasteiger partial charge in [-0.2, -0.15) is 4.39 Å². The number of aromatic nitrogens is 1. The number of Topliss-reactive ketones (excluding diaryl/α,β-unsaturated/α-hetero) is 2. The highest BCUT2D eigenvalue weighted by Gasteiger charge is 2.35. The Morgan fingerprint density at radius 2 is 0.934 bits per heavy atom. The number of ketones is 2. The number of ether oxygens (including phenoxy) is 4. The van der Waals surface area contributed by atoms with Gasteiger partial charge in [0.1, 0.15) is 38.3 Å². The number of nitrogens with one attached hydrogen (secondary N) is 2. The van der Waals surface area contributed by atoms with Crippen LogP contribution < -0.4 is 10.6 Å². The molecule has 0 radical (unpaired) electrons. The summed E-state index contributed by atoms with van der Waals surface area (Å²) in [4.78, 5) is 110. The van der Waals surface area contributed by atoms with Crippen molar-refractivity contribution in [2.45, 2.75) is 148 Å². The number of unbranched alkanes of at least 4 members (excludes halogenated alkanes) is 5. The molecule has 0 spiro atoms. The summed E-state index contributed by atoms with van der Waals surface area (Å²) in [5.74, 6) is -6.51. The SMILES string of the molecule is O=C(CCCCCNC(=O)CCCCCCC(=O)c1ccc([18F])nc1)C[C@@H](CCC(=O)N[C@@H](CCCOP(=O)(C[C@@H](CCC(=O)OCc1ccccc1)C(=O)OCc1ccccc1)OCc1ccccc1)C(=O)OCc1ccccc1)C(=O)OCc1ccccc1. The molecule has 91 heavy (non-hydrogen) atoms. The molecule has 4 atom stereocenters. The molecule has 484 valence electrons. The second-order valence-corrected chi connectivity index (χ2v) is 24.3. The molecule has 6 rings (SSSR count). The molecule has 1 heterocycles. The fourth-order valence-electron chi connectivity index (χ4n) is 9.61. The highest BCUT2D eigenvalue weighted by molar-refractivity contribution is 7.53. The largest absolute Gasteiger partial charge is 0.461 e. The lowest BCUT2D eigenvalue weighted by molar-refractivity contribution is -0.152. The van der Waals surface area contributed by atoms with E-state index in [0.717, 1.165) is 30.0 Å². The number of nitrogens with zero attached hydrogens (tertiary/aromatic N) is 1. The molecule has 0 aliphatic rings. The van der Waals surface area contributed by atoms with E-state index in [9.17, 15) is 47.3 Å². The van der Waals surface area contributed by atoms with Crippen molar-refractivity contribution in [3.63, 3.8) is 0 Å². The first-order valence-corrected chi connectivity index (χ1v) is 32.9. The summed E-state index contributed by atoms with van der Waals surface area (Å²) in [5.41, 5.74) is 3.96. The van der Waals surface area contributed by atoms with Crippen LogP contribution in [0.2, 0.25) is 0 Å². The lowest BCUT2D eigenvalue weighted by Crippen LogP contribution is -2.42. The maximum Gasteiger partial charge on any atom is 0.331 e. The lowest BCUT2D eigenvalue weighted by atomic mass is 9.94. The van der Waals surface area contributed by atoms with Gasteiger partial charge in [-0.25, -0.2) is 9.78 Å². The Balaban J connectivity index is 1.03. The van der Waals surface area contributed by atoms with E-state index < -0.39 is 67.4 Å². The third-order valence-electron chi connectivity index (χ3n) is 14.8. The molecule has 2 N–H and O–H groups in total. The summed E-state index contributed by atoms with van der Waals surface area (Å²) in [6, 6.07) is 46.3. The van der Waals surface area contributed by atoms with E-state index in [1.807, 2.05) is 54.6 Å². The summed E-state index contributed by atoms with van der Waals surface area (Å²) < 4.78 is 62.8. The van der Waals surface area contributed by atoms with E-state index in [0.29, 0.717) is 73.7 Å². The molecule has 1 unspecified atom stereocenters. The molecule has 1 aromatic heterocycles. The Bertz CT molecular complexity index is 3220. The number of halogens is 1. The number of benzene rings is 5. The standard InChI is InChI=1S/C71H83FN3O15P/c72-65-41-38-60(47-74-65)64(77)36-20-1-2-21-37-66(78)73-44-22-8-19-34-62(76)46-59(69(81)86-49-55-26-11-4-12-27-55)39-42-67(79)75-63(71(83)88-51-57-30-15-6-16-31-57)35-23-45-89-91(84,90-52-58-32-17-7-18-33-58)53-61(70(82)87-50-56-28-13-5-14-29-56)40-43-68(80)85-48-54-24-9-3-10-25-54/h3-7,9-18,24-33,38,41,47,59,61,63H,1-2,8,19-23,34-37,39-40,42-46,48-53H2,(H,73,78)(H,75,79)/t59-,61-,63+,91?/m1/s1/i72-1. The van der Waals surface area contributed by atoms with Crippen LogP contribution in [0.3, 0.4) is 0 Å². The molecule has 2 amide bonds. The summed E-state index contributed by atoms with van der Waals surface area (Å²) >= 11 is 0. The van der Waals surface area contributed by atoms with Crippen molar-refractivity contribution >= 4 is 54.9 Å². The van der Waals surface area contributed by atoms with Crippen molar-refractivity contribution < 1.29 is 75.3 Å². The summed E-state index contributed by atoms with van der Waals surface area (Å²) in [7, 11) is -4.24. The number of amides is 2. The van der Waals surface area contributed by atoms with E-state index in [4.69, 9.17) is 28.0 Å². The van der Waals surface area contributed by atoms with Gasteiger partial charge in [0.05, 0.1) is 31.2 Å². The quantitative estimate of drug-likeness (QED) is 0.00901. The number of hydrogen-bond acceptors (Lipinski definition) is 16. The number of carbonyl (C=O) groups excluding carboxylic acids is 8. The van der Waals surface area contributed by atoms with Crippen LogP contribution in [0, 0.1) is 17.8 Å². The first kappa shape index (κ1) is 71.6. The van der Waals surface area contributed by atoms with E-state index in [-0.39, 0.29) is 108 Å². The Labute approximate surface area is 532 Å². The number of pyridine rings is 1. The highest BCUT2D eigenvalue weighted by atomic mass is 31.2. The van der Waals surface area contributed by atoms with Crippen LogP contribution in [-0.4, -0.2) is 77.6 Å². The normalized spacial score (nSPS) is 12.7. The van der Waals surface area contributed by atoms with Gasteiger partial charge in [-0.15, -0.1) is 0 Å². The molecule has 0 bridgehead atoms. The third kappa shape index (κ3) is 29.3. The second-order valence-electron chi connectivity index (χ2n) is 22.2. The van der Waals surface area contributed by atoms with Gasteiger partial charge in [0.15, 0.2) is 5.78 Å². The molecule has 0 saturated carbocycles. The Hall–Kier alpha value is -8.51. The summed E-state index contributed by atoms with van der Waals surface area (Å²) in [5, 5.41) is 5.66. The van der Waals surface area contributed by atoms with Crippen molar-refractivity contribution in [2.24, 2.45) is 11.8 Å². The molecular weight excluding hydrogens is 1180 g/mol. The topological polar surface area (TPSA) is 246 Å². The van der Waals surface area contributed by atoms with Crippen LogP contribution in [0.25, 0.3) is 0 Å². The average Bonchev–Trinajstić information content (AvgIpc) is 3.77. The van der Waals surface area contributed by atoms with Crippen LogP contribution in [0.4, 0.5) is 4.39 Å². The monoisotopic (exact) mass is 1270 g/mol. The zero-order valence-electron chi connectivity index (χ0n) is 51.5. The number of rotatable bonds is 44. The maximum atomic E-state index is 15.0. The average molecular weight is 1270 g/mol. The molecule has 6 aromatic rings. The van der Waals surface area contributed by atoms with Crippen molar-refractivity contribution in [2.75, 3.05) is 19.3 Å². The molecule has 18 nitrogen and oxygen atoms in total. The molecule has 0 aliphatic carbocycles. The predicted molar refractivity (Wildman–Crippen MR) is 339 cm³/mol. The molecule has 0 saturated heterocycles. The number of carbonyl (C=O) groups is 8. The fourth-order valence-corrected chi connectivity index (χ4v) is 11.5. The minimum Gasteiger partial charge on any atom is -0.461 e. The summed E-state index contributed by atoms with van der Waals surface area (Å²) in [6.45, 7) is -0.211. The number of esters is 4.